The topological polar surface area (TPSA) is 44.8 Å². The summed E-state index contributed by atoms with van der Waals surface area (Å²) in [5.74, 6) is 0.0147. The van der Waals surface area contributed by atoms with Crippen LogP contribution in [0.15, 0.2) is 30.3 Å². The van der Waals surface area contributed by atoms with Gasteiger partial charge in [-0.1, -0.05) is 37.3 Å². The van der Waals surface area contributed by atoms with Crippen molar-refractivity contribution in [1.82, 2.24) is 0 Å². The Balaban J connectivity index is 1.57. The van der Waals surface area contributed by atoms with Gasteiger partial charge in [-0.05, 0) is 5.56 Å². The number of hydrogen-bond donors (Lipinski definition) is 0. The largest absolute Gasteiger partial charge is 0.461 e. The summed E-state index contributed by atoms with van der Waals surface area (Å²) in [6, 6.07) is 9.74. The molecule has 5 heteroatoms. The van der Waals surface area contributed by atoms with Crippen LogP contribution in [-0.2, 0) is 25.6 Å². The molecule has 1 aromatic carbocycles. The predicted molar refractivity (Wildman–Crippen MR) is 75.9 cm³/mol. The average molecular weight is 274 g/mol. The molecular formula is C15H19BO4. The first kappa shape index (κ1) is 13.6. The van der Waals surface area contributed by atoms with Crippen LogP contribution in [0, 0.1) is 5.92 Å². The van der Waals surface area contributed by atoms with Crippen molar-refractivity contribution in [2.45, 2.75) is 37.7 Å². The molecule has 2 saturated heterocycles. The zero-order chi connectivity index (χ0) is 14.2. The van der Waals surface area contributed by atoms with E-state index in [0.29, 0.717) is 13.2 Å². The summed E-state index contributed by atoms with van der Waals surface area (Å²) in [6.45, 7) is 2.89. The number of hydrogen-bond acceptors (Lipinski definition) is 4. The minimum Gasteiger partial charge on any atom is -0.461 e. The van der Waals surface area contributed by atoms with Crippen molar-refractivity contribution in [3.8, 4) is 0 Å². The fourth-order valence-electron chi connectivity index (χ4n) is 3.22. The van der Waals surface area contributed by atoms with Crippen molar-refractivity contribution >= 4 is 13.8 Å². The quantitative estimate of drug-likeness (QED) is 0.604. The number of benzene rings is 1. The third-order valence-electron chi connectivity index (χ3n) is 4.41. The monoisotopic (exact) mass is 274 g/mol. The second-order valence-corrected chi connectivity index (χ2v) is 5.78. The molecule has 0 aliphatic carbocycles. The van der Waals surface area contributed by atoms with Crippen LogP contribution in [0.5, 0.6) is 0 Å². The molecule has 2 aliphatic heterocycles. The van der Waals surface area contributed by atoms with Crippen molar-refractivity contribution in [2.24, 2.45) is 5.92 Å². The van der Waals surface area contributed by atoms with Crippen molar-refractivity contribution in [2.75, 3.05) is 6.61 Å². The molecule has 2 fully saturated rings. The number of rotatable bonds is 4. The fourth-order valence-corrected chi connectivity index (χ4v) is 3.22. The molecule has 106 valence electrons. The molecule has 1 aromatic rings. The van der Waals surface area contributed by atoms with Crippen LogP contribution in [0.4, 0.5) is 0 Å². The minimum absolute atomic E-state index is 0.0562. The standard InChI is InChI=1S/C15H19BO4/c1-10-13-14(16)20-15(10,9-19-13)7-12(17)18-8-11-5-3-2-4-6-11/h2-6,10,13-14H,7-9,16H2,1H3/t10?,13?,14-,15-/m1/s1. The van der Waals surface area contributed by atoms with Gasteiger partial charge in [0.25, 0.3) is 0 Å². The Morgan fingerprint density at radius 2 is 2.20 bits per heavy atom. The molecule has 0 saturated carbocycles. The molecule has 3 rings (SSSR count). The van der Waals surface area contributed by atoms with Gasteiger partial charge in [0.1, 0.15) is 20.1 Å². The minimum atomic E-state index is -0.488. The lowest BCUT2D eigenvalue weighted by molar-refractivity contribution is -0.160. The second kappa shape index (κ2) is 5.22. The van der Waals surface area contributed by atoms with Crippen molar-refractivity contribution in [3.63, 3.8) is 0 Å². The summed E-state index contributed by atoms with van der Waals surface area (Å²) in [5.41, 5.74) is 0.505. The SMILES string of the molecule is B[C@@H]1O[C@]2(CC(=O)OCc3ccccc3)COC1C2C. The van der Waals surface area contributed by atoms with Crippen LogP contribution in [0.2, 0.25) is 0 Å². The van der Waals surface area contributed by atoms with Gasteiger partial charge in [0.2, 0.25) is 0 Å². The lowest BCUT2D eigenvalue weighted by Gasteiger charge is -2.29. The molecule has 0 N–H and O–H groups in total. The Morgan fingerprint density at radius 1 is 1.45 bits per heavy atom. The molecule has 0 spiro atoms. The van der Waals surface area contributed by atoms with Gasteiger partial charge in [0, 0.05) is 5.92 Å². The van der Waals surface area contributed by atoms with Crippen LogP contribution in [0.25, 0.3) is 0 Å². The van der Waals surface area contributed by atoms with Gasteiger partial charge in [0.05, 0.1) is 25.1 Å². The Bertz CT molecular complexity index is 492. The highest BCUT2D eigenvalue weighted by atomic mass is 16.6. The summed E-state index contributed by atoms with van der Waals surface area (Å²) < 4.78 is 17.0. The first-order valence-electron chi connectivity index (χ1n) is 7.10. The molecule has 2 heterocycles. The molecule has 0 radical (unpaired) electrons. The smallest absolute Gasteiger partial charge is 0.309 e. The summed E-state index contributed by atoms with van der Waals surface area (Å²) >= 11 is 0. The van der Waals surface area contributed by atoms with E-state index in [4.69, 9.17) is 14.2 Å². The maximum Gasteiger partial charge on any atom is 0.309 e. The molecule has 20 heavy (non-hydrogen) atoms. The first-order chi connectivity index (χ1) is 9.61. The summed E-state index contributed by atoms with van der Waals surface area (Å²) in [6.07, 6.45) is 0.374. The Morgan fingerprint density at radius 3 is 2.80 bits per heavy atom. The maximum atomic E-state index is 12.0. The van der Waals surface area contributed by atoms with E-state index in [2.05, 4.69) is 6.92 Å². The van der Waals surface area contributed by atoms with Crippen LogP contribution in [0.3, 0.4) is 0 Å². The third-order valence-corrected chi connectivity index (χ3v) is 4.41. The van der Waals surface area contributed by atoms with E-state index in [1.54, 1.807) is 0 Å². The van der Waals surface area contributed by atoms with E-state index in [1.165, 1.54) is 0 Å². The molecule has 2 bridgehead atoms. The van der Waals surface area contributed by atoms with E-state index < -0.39 is 5.60 Å². The normalized spacial score (nSPS) is 35.1. The molecule has 2 aliphatic rings. The zero-order valence-corrected chi connectivity index (χ0v) is 11.9. The number of carbonyl (C=O) groups is 1. The molecule has 4 atom stereocenters. The Kier molecular flexibility index (Phi) is 3.56. The molecule has 4 nitrogen and oxygen atoms in total. The van der Waals surface area contributed by atoms with Gasteiger partial charge < -0.3 is 14.2 Å². The van der Waals surface area contributed by atoms with Crippen molar-refractivity contribution in [1.29, 1.82) is 0 Å². The van der Waals surface area contributed by atoms with Crippen molar-refractivity contribution < 1.29 is 19.0 Å². The van der Waals surface area contributed by atoms with E-state index in [9.17, 15) is 4.79 Å². The summed E-state index contributed by atoms with van der Waals surface area (Å²) in [5, 5.41) is 0. The number of esters is 1. The van der Waals surface area contributed by atoms with Gasteiger partial charge in [-0.2, -0.15) is 0 Å². The first-order valence-corrected chi connectivity index (χ1v) is 7.10. The summed E-state index contributed by atoms with van der Waals surface area (Å²) in [4.78, 5) is 12.0. The van der Waals surface area contributed by atoms with Crippen molar-refractivity contribution in [3.05, 3.63) is 35.9 Å². The Hall–Kier alpha value is -1.33. The van der Waals surface area contributed by atoms with Crippen LogP contribution >= 0.6 is 0 Å². The number of ether oxygens (including phenoxy) is 3. The van der Waals surface area contributed by atoms with Gasteiger partial charge in [-0.15, -0.1) is 0 Å². The predicted octanol–water partition coefficient (Wildman–Crippen LogP) is 0.883. The number of fused-ring (bicyclic) bond motifs is 2. The second-order valence-electron chi connectivity index (χ2n) is 5.78. The van der Waals surface area contributed by atoms with Gasteiger partial charge >= 0.3 is 5.97 Å². The average Bonchev–Trinajstić information content (AvgIpc) is 2.86. The fraction of sp³-hybridized carbons (Fsp3) is 0.533. The highest BCUT2D eigenvalue weighted by Crippen LogP contribution is 2.45. The lowest BCUT2D eigenvalue weighted by Crippen LogP contribution is -2.40. The van der Waals surface area contributed by atoms with Crippen LogP contribution in [0.1, 0.15) is 18.9 Å². The third kappa shape index (κ3) is 2.36. The van der Waals surface area contributed by atoms with E-state index in [-0.39, 0.29) is 30.4 Å². The van der Waals surface area contributed by atoms with Crippen LogP contribution < -0.4 is 0 Å². The highest BCUT2D eigenvalue weighted by molar-refractivity contribution is 6.11. The van der Waals surface area contributed by atoms with E-state index >= 15 is 0 Å². The number of carbonyl (C=O) groups excluding carboxylic acids is 1. The molecule has 0 aromatic heterocycles. The van der Waals surface area contributed by atoms with Crippen LogP contribution in [-0.4, -0.2) is 38.1 Å². The molecular weight excluding hydrogens is 255 g/mol. The maximum absolute atomic E-state index is 12.0. The highest BCUT2D eigenvalue weighted by Gasteiger charge is 2.58. The van der Waals surface area contributed by atoms with Gasteiger partial charge in [-0.25, -0.2) is 0 Å². The van der Waals surface area contributed by atoms with Gasteiger partial charge in [0.15, 0.2) is 0 Å². The molecule has 2 unspecified atom stereocenters. The Labute approximate surface area is 119 Å². The molecule has 0 amide bonds. The zero-order valence-electron chi connectivity index (χ0n) is 11.9. The summed E-state index contributed by atoms with van der Waals surface area (Å²) in [7, 11) is 2.00. The van der Waals surface area contributed by atoms with Gasteiger partial charge in [-0.3, -0.25) is 4.79 Å². The lowest BCUT2D eigenvalue weighted by atomic mass is 9.84. The van der Waals surface area contributed by atoms with E-state index in [1.807, 2.05) is 38.2 Å². The van der Waals surface area contributed by atoms with E-state index in [0.717, 1.165) is 5.56 Å².